The van der Waals surface area contributed by atoms with Crippen LogP contribution in [0.3, 0.4) is 0 Å². The van der Waals surface area contributed by atoms with Gasteiger partial charge in [0.05, 0.1) is 5.56 Å². The fraction of sp³-hybridized carbons (Fsp3) is 0.100. The third-order valence-electron chi connectivity index (χ3n) is 1.51. The van der Waals surface area contributed by atoms with E-state index in [0.29, 0.717) is 0 Å². The number of alkyl halides is 3. The van der Waals surface area contributed by atoms with Gasteiger partial charge in [-0.3, -0.25) is 4.79 Å². The summed E-state index contributed by atoms with van der Waals surface area (Å²) in [5.74, 6) is 1.97. The summed E-state index contributed by atoms with van der Waals surface area (Å²) in [6.07, 6.45) is -4.89. The maximum absolute atomic E-state index is 12.0. The van der Waals surface area contributed by atoms with E-state index in [-0.39, 0.29) is 11.3 Å². The van der Waals surface area contributed by atoms with Crippen molar-refractivity contribution in [3.05, 3.63) is 23.8 Å². The maximum atomic E-state index is 12.0. The largest absolute Gasteiger partial charge is 0.573 e. The van der Waals surface area contributed by atoms with E-state index < -0.39 is 18.0 Å². The molecular weight excluding hydrogens is 239 g/mol. The van der Waals surface area contributed by atoms with Crippen molar-refractivity contribution in [2.45, 2.75) is 6.36 Å². The molecule has 0 heterocycles. The number of aromatic hydroxyl groups is 1. The second kappa shape index (κ2) is 4.65. The SMILES string of the molecule is NC(=O)C#Cc1cc(O)ccc1OC(F)(F)F. The molecule has 0 aliphatic carbocycles. The number of amides is 1. The number of ether oxygens (including phenoxy) is 1. The zero-order valence-electron chi connectivity index (χ0n) is 8.21. The lowest BCUT2D eigenvalue weighted by atomic mass is 10.2. The fourth-order valence-electron chi connectivity index (χ4n) is 0.958. The van der Waals surface area contributed by atoms with Gasteiger partial charge in [-0.1, -0.05) is 5.92 Å². The number of benzene rings is 1. The standard InChI is InChI=1S/C10H6F3NO3/c11-10(12,13)17-8-3-2-7(15)5-6(8)1-4-9(14)16/h2-3,5,15H,(H2,14,16). The van der Waals surface area contributed by atoms with E-state index in [1.54, 1.807) is 0 Å². The number of rotatable bonds is 1. The Morgan fingerprint density at radius 1 is 1.41 bits per heavy atom. The zero-order chi connectivity index (χ0) is 13.1. The summed E-state index contributed by atoms with van der Waals surface area (Å²) < 4.78 is 39.6. The Bertz CT molecular complexity index is 500. The molecule has 90 valence electrons. The maximum Gasteiger partial charge on any atom is 0.573 e. The number of hydrogen-bond acceptors (Lipinski definition) is 3. The van der Waals surface area contributed by atoms with E-state index in [9.17, 15) is 18.0 Å². The quantitative estimate of drug-likeness (QED) is 0.728. The number of nitrogens with two attached hydrogens (primary N) is 1. The van der Waals surface area contributed by atoms with Gasteiger partial charge < -0.3 is 15.6 Å². The van der Waals surface area contributed by atoms with E-state index in [4.69, 9.17) is 10.8 Å². The molecule has 4 nitrogen and oxygen atoms in total. The average molecular weight is 245 g/mol. The van der Waals surface area contributed by atoms with E-state index in [2.05, 4.69) is 10.7 Å². The Kier molecular flexibility index (Phi) is 3.48. The van der Waals surface area contributed by atoms with E-state index in [0.717, 1.165) is 18.2 Å². The summed E-state index contributed by atoms with van der Waals surface area (Å²) in [5.41, 5.74) is 4.43. The second-order valence-electron chi connectivity index (χ2n) is 2.84. The van der Waals surface area contributed by atoms with Crippen molar-refractivity contribution in [2.24, 2.45) is 5.73 Å². The zero-order valence-corrected chi connectivity index (χ0v) is 8.21. The summed E-state index contributed by atoms with van der Waals surface area (Å²) >= 11 is 0. The van der Waals surface area contributed by atoms with Crippen LogP contribution < -0.4 is 10.5 Å². The molecule has 0 bridgehead atoms. The number of primary amides is 1. The number of halogens is 3. The fourth-order valence-corrected chi connectivity index (χ4v) is 0.958. The predicted molar refractivity (Wildman–Crippen MR) is 50.9 cm³/mol. The van der Waals surface area contributed by atoms with Gasteiger partial charge in [0.15, 0.2) is 0 Å². The molecule has 0 aliphatic heterocycles. The van der Waals surface area contributed by atoms with Gasteiger partial charge in [-0.15, -0.1) is 13.2 Å². The Morgan fingerprint density at radius 2 is 2.06 bits per heavy atom. The van der Waals surface area contributed by atoms with Gasteiger partial charge in [-0.2, -0.15) is 0 Å². The highest BCUT2D eigenvalue weighted by atomic mass is 19.4. The molecule has 7 heteroatoms. The first-order valence-corrected chi connectivity index (χ1v) is 4.18. The lowest BCUT2D eigenvalue weighted by Gasteiger charge is -2.10. The first kappa shape index (κ1) is 12.7. The molecule has 0 radical (unpaired) electrons. The minimum absolute atomic E-state index is 0.291. The van der Waals surface area contributed by atoms with Gasteiger partial charge in [0.1, 0.15) is 11.5 Å². The van der Waals surface area contributed by atoms with Crippen molar-refractivity contribution >= 4 is 5.91 Å². The van der Waals surface area contributed by atoms with Gasteiger partial charge in [0.2, 0.25) is 0 Å². The summed E-state index contributed by atoms with van der Waals surface area (Å²) in [6, 6.07) is 2.81. The van der Waals surface area contributed by atoms with Crippen molar-refractivity contribution in [3.63, 3.8) is 0 Å². The minimum Gasteiger partial charge on any atom is -0.508 e. The Balaban J connectivity index is 3.14. The summed E-state index contributed by atoms with van der Waals surface area (Å²) in [5, 5.41) is 9.08. The van der Waals surface area contributed by atoms with Crippen LogP contribution in [-0.2, 0) is 4.79 Å². The third-order valence-corrected chi connectivity index (χ3v) is 1.51. The van der Waals surface area contributed by atoms with Gasteiger partial charge in [-0.05, 0) is 18.2 Å². The van der Waals surface area contributed by atoms with Crippen molar-refractivity contribution in [1.29, 1.82) is 0 Å². The molecular formula is C10H6F3NO3. The summed E-state index contributed by atoms with van der Waals surface area (Å²) in [7, 11) is 0. The molecule has 3 N–H and O–H groups in total. The monoisotopic (exact) mass is 245 g/mol. The van der Waals surface area contributed by atoms with Gasteiger partial charge in [0, 0.05) is 5.92 Å². The topological polar surface area (TPSA) is 72.6 Å². The minimum atomic E-state index is -4.89. The number of hydrogen-bond donors (Lipinski definition) is 2. The molecule has 0 saturated heterocycles. The number of carbonyl (C=O) groups excluding carboxylic acids is 1. The van der Waals surface area contributed by atoms with Crippen molar-refractivity contribution < 1.29 is 27.8 Å². The van der Waals surface area contributed by atoms with Crippen LogP contribution in [0.25, 0.3) is 0 Å². The smallest absolute Gasteiger partial charge is 0.508 e. The van der Waals surface area contributed by atoms with E-state index in [1.165, 1.54) is 0 Å². The van der Waals surface area contributed by atoms with E-state index in [1.807, 2.05) is 5.92 Å². The van der Waals surface area contributed by atoms with Crippen molar-refractivity contribution in [3.8, 4) is 23.3 Å². The Labute approximate surface area is 93.8 Å². The molecule has 0 atom stereocenters. The first-order valence-electron chi connectivity index (χ1n) is 4.18. The van der Waals surface area contributed by atoms with Gasteiger partial charge >= 0.3 is 6.36 Å². The number of phenolic OH excluding ortho intramolecular Hbond substituents is 1. The molecule has 1 aromatic rings. The number of carbonyl (C=O) groups is 1. The van der Waals surface area contributed by atoms with Crippen LogP contribution in [0.15, 0.2) is 18.2 Å². The van der Waals surface area contributed by atoms with Crippen LogP contribution in [0.4, 0.5) is 13.2 Å². The van der Waals surface area contributed by atoms with Crippen LogP contribution in [0.1, 0.15) is 5.56 Å². The van der Waals surface area contributed by atoms with Gasteiger partial charge in [-0.25, -0.2) is 0 Å². The van der Waals surface area contributed by atoms with Crippen LogP contribution in [0.5, 0.6) is 11.5 Å². The highest BCUT2D eigenvalue weighted by Crippen LogP contribution is 2.28. The number of phenols is 1. The first-order chi connectivity index (χ1) is 7.78. The molecule has 0 saturated carbocycles. The highest BCUT2D eigenvalue weighted by molar-refractivity contribution is 5.92. The third kappa shape index (κ3) is 4.34. The molecule has 0 unspecified atom stereocenters. The molecule has 17 heavy (non-hydrogen) atoms. The molecule has 0 aliphatic rings. The average Bonchev–Trinajstić information content (AvgIpc) is 2.16. The Hall–Kier alpha value is -2.36. The van der Waals surface area contributed by atoms with E-state index >= 15 is 0 Å². The summed E-state index contributed by atoms with van der Waals surface area (Å²) in [4.78, 5) is 10.4. The van der Waals surface area contributed by atoms with Crippen LogP contribution >= 0.6 is 0 Å². The molecule has 1 rings (SSSR count). The summed E-state index contributed by atoms with van der Waals surface area (Å²) in [6.45, 7) is 0. The predicted octanol–water partition coefficient (Wildman–Crippen LogP) is 1.13. The highest BCUT2D eigenvalue weighted by Gasteiger charge is 2.32. The normalized spacial score (nSPS) is 10.3. The van der Waals surface area contributed by atoms with Crippen molar-refractivity contribution in [2.75, 3.05) is 0 Å². The molecule has 1 aromatic carbocycles. The van der Waals surface area contributed by atoms with Crippen LogP contribution in [0.2, 0.25) is 0 Å². The lowest BCUT2D eigenvalue weighted by Crippen LogP contribution is -2.17. The van der Waals surface area contributed by atoms with Gasteiger partial charge in [0.25, 0.3) is 5.91 Å². The molecule has 1 amide bonds. The van der Waals surface area contributed by atoms with Crippen molar-refractivity contribution in [1.82, 2.24) is 0 Å². The lowest BCUT2D eigenvalue weighted by molar-refractivity contribution is -0.274. The molecule has 0 aromatic heterocycles. The molecule has 0 fully saturated rings. The second-order valence-corrected chi connectivity index (χ2v) is 2.84. The van der Waals surface area contributed by atoms with Crippen LogP contribution in [0, 0.1) is 11.8 Å². The Morgan fingerprint density at radius 3 is 2.59 bits per heavy atom. The van der Waals surface area contributed by atoms with Crippen LogP contribution in [-0.4, -0.2) is 17.4 Å². The molecule has 0 spiro atoms.